The highest BCUT2D eigenvalue weighted by Gasteiger charge is 2.13. The molecule has 2 heterocycles. The molecule has 2 aromatic heterocycles. The topological polar surface area (TPSA) is 84.7 Å². The van der Waals surface area contributed by atoms with Crippen molar-refractivity contribution in [1.29, 1.82) is 0 Å². The second-order valence-electron chi connectivity index (χ2n) is 6.54. The van der Waals surface area contributed by atoms with E-state index in [2.05, 4.69) is 43.4 Å². The molecule has 4 rings (SSSR count). The van der Waals surface area contributed by atoms with Gasteiger partial charge in [0.15, 0.2) is 0 Å². The summed E-state index contributed by atoms with van der Waals surface area (Å²) < 4.78 is 2.12. The first-order chi connectivity index (χ1) is 14.3. The minimum Gasteiger partial charge on any atom is -0.354 e. The monoisotopic (exact) mass is 386 g/mol. The normalized spacial score (nSPS) is 10.8. The van der Waals surface area contributed by atoms with Gasteiger partial charge in [-0.05, 0) is 30.3 Å². The van der Waals surface area contributed by atoms with Crippen molar-refractivity contribution in [3.63, 3.8) is 0 Å². The fourth-order valence-electron chi connectivity index (χ4n) is 3.19. The van der Waals surface area contributed by atoms with Crippen LogP contribution in [0.1, 0.15) is 12.2 Å². The van der Waals surface area contributed by atoms with E-state index < -0.39 is 0 Å². The number of aryl methyl sites for hydroxylation is 1. The van der Waals surface area contributed by atoms with E-state index in [-0.39, 0.29) is 5.91 Å². The Morgan fingerprint density at radius 2 is 1.66 bits per heavy atom. The average molecular weight is 386 g/mol. The molecule has 7 nitrogen and oxygen atoms in total. The van der Waals surface area contributed by atoms with Crippen LogP contribution in [0.2, 0.25) is 0 Å². The molecule has 29 heavy (non-hydrogen) atoms. The number of amides is 1. The summed E-state index contributed by atoms with van der Waals surface area (Å²) >= 11 is 0. The SMILES string of the molecule is O=C(CCc1nc2ccccc2n1-c1ccccc1)NCCNc1ncccn1. The molecular formula is C22H22N6O. The summed E-state index contributed by atoms with van der Waals surface area (Å²) in [5.41, 5.74) is 3.02. The van der Waals surface area contributed by atoms with Gasteiger partial charge in [0.25, 0.3) is 0 Å². The summed E-state index contributed by atoms with van der Waals surface area (Å²) in [5, 5.41) is 5.99. The zero-order chi connectivity index (χ0) is 19.9. The van der Waals surface area contributed by atoms with Crippen molar-refractivity contribution in [3.05, 3.63) is 78.9 Å². The zero-order valence-electron chi connectivity index (χ0n) is 16.0. The number of carbonyl (C=O) groups is 1. The van der Waals surface area contributed by atoms with Crippen molar-refractivity contribution >= 4 is 22.9 Å². The number of benzene rings is 2. The molecule has 0 saturated carbocycles. The standard InChI is InChI=1S/C22H22N6O/c29-21(23-15-16-26-22-24-13-6-14-25-22)12-11-20-27-18-9-4-5-10-19(18)28(20)17-7-2-1-3-8-17/h1-10,13-14H,11-12,15-16H2,(H,23,29)(H,24,25,26). The van der Waals surface area contributed by atoms with Crippen LogP contribution < -0.4 is 10.6 Å². The highest BCUT2D eigenvalue weighted by Crippen LogP contribution is 2.22. The second-order valence-corrected chi connectivity index (χ2v) is 6.54. The Labute approximate surface area is 168 Å². The molecule has 0 radical (unpaired) electrons. The molecule has 146 valence electrons. The smallest absolute Gasteiger partial charge is 0.222 e. The number of imidazole rings is 1. The van der Waals surface area contributed by atoms with Crippen LogP contribution in [-0.2, 0) is 11.2 Å². The van der Waals surface area contributed by atoms with Crippen molar-refractivity contribution < 1.29 is 4.79 Å². The number of nitrogens with zero attached hydrogens (tertiary/aromatic N) is 4. The number of aromatic nitrogens is 4. The first-order valence-electron chi connectivity index (χ1n) is 9.60. The maximum absolute atomic E-state index is 12.3. The molecule has 7 heteroatoms. The lowest BCUT2D eigenvalue weighted by molar-refractivity contribution is -0.121. The van der Waals surface area contributed by atoms with Gasteiger partial charge in [-0.2, -0.15) is 0 Å². The Balaban J connectivity index is 1.37. The molecule has 0 aliphatic rings. The third-order valence-corrected chi connectivity index (χ3v) is 4.52. The Morgan fingerprint density at radius 1 is 0.897 bits per heavy atom. The van der Waals surface area contributed by atoms with Gasteiger partial charge in [-0.25, -0.2) is 15.0 Å². The average Bonchev–Trinajstić information content (AvgIpc) is 3.15. The molecule has 0 unspecified atom stereocenters. The zero-order valence-corrected chi connectivity index (χ0v) is 16.0. The van der Waals surface area contributed by atoms with Crippen LogP contribution in [0.3, 0.4) is 0 Å². The van der Waals surface area contributed by atoms with Crippen LogP contribution in [0, 0.1) is 0 Å². The lowest BCUT2D eigenvalue weighted by atomic mass is 10.2. The van der Waals surface area contributed by atoms with E-state index in [0.717, 1.165) is 22.5 Å². The van der Waals surface area contributed by atoms with Crippen LogP contribution in [-0.4, -0.2) is 38.5 Å². The molecule has 0 aliphatic carbocycles. The van der Waals surface area contributed by atoms with Crippen LogP contribution >= 0.6 is 0 Å². The van der Waals surface area contributed by atoms with Crippen molar-refractivity contribution in [2.45, 2.75) is 12.8 Å². The van der Waals surface area contributed by atoms with E-state index in [0.29, 0.717) is 31.9 Å². The van der Waals surface area contributed by atoms with Crippen molar-refractivity contribution in [3.8, 4) is 5.69 Å². The molecule has 0 fully saturated rings. The van der Waals surface area contributed by atoms with Gasteiger partial charge < -0.3 is 10.6 Å². The summed E-state index contributed by atoms with van der Waals surface area (Å²) in [7, 11) is 0. The summed E-state index contributed by atoms with van der Waals surface area (Å²) in [6.07, 6.45) is 4.28. The Morgan fingerprint density at radius 3 is 2.48 bits per heavy atom. The minimum absolute atomic E-state index is 0.00699. The van der Waals surface area contributed by atoms with Gasteiger partial charge in [0.05, 0.1) is 11.0 Å². The summed E-state index contributed by atoms with van der Waals surface area (Å²) in [6.45, 7) is 1.07. The molecule has 0 bridgehead atoms. The number of fused-ring (bicyclic) bond motifs is 1. The van der Waals surface area contributed by atoms with Gasteiger partial charge in [0.2, 0.25) is 11.9 Å². The highest BCUT2D eigenvalue weighted by molar-refractivity contribution is 5.79. The predicted molar refractivity (Wildman–Crippen MR) is 113 cm³/mol. The van der Waals surface area contributed by atoms with E-state index in [1.807, 2.05) is 36.4 Å². The van der Waals surface area contributed by atoms with Gasteiger partial charge in [-0.3, -0.25) is 9.36 Å². The fourth-order valence-corrected chi connectivity index (χ4v) is 3.19. The minimum atomic E-state index is -0.00699. The Bertz CT molecular complexity index is 1080. The Kier molecular flexibility index (Phi) is 5.76. The molecule has 2 aromatic carbocycles. The first kappa shape index (κ1) is 18.6. The lowest BCUT2D eigenvalue weighted by Gasteiger charge is -2.10. The maximum atomic E-state index is 12.3. The van der Waals surface area contributed by atoms with E-state index in [1.165, 1.54) is 0 Å². The summed E-state index contributed by atoms with van der Waals surface area (Å²) in [6, 6.07) is 19.9. The van der Waals surface area contributed by atoms with E-state index >= 15 is 0 Å². The molecule has 0 atom stereocenters. The van der Waals surface area contributed by atoms with Gasteiger partial charge in [-0.1, -0.05) is 30.3 Å². The van der Waals surface area contributed by atoms with Crippen LogP contribution in [0.4, 0.5) is 5.95 Å². The predicted octanol–water partition coefficient (Wildman–Crippen LogP) is 2.98. The fraction of sp³-hybridized carbons (Fsp3) is 0.182. The van der Waals surface area contributed by atoms with Crippen molar-refractivity contribution in [2.75, 3.05) is 18.4 Å². The number of hydrogen-bond acceptors (Lipinski definition) is 5. The molecule has 2 N–H and O–H groups in total. The maximum Gasteiger partial charge on any atom is 0.222 e. The number of carbonyl (C=O) groups excluding carboxylic acids is 1. The van der Waals surface area contributed by atoms with Crippen molar-refractivity contribution in [2.24, 2.45) is 0 Å². The third kappa shape index (κ3) is 4.57. The molecule has 0 spiro atoms. The molecule has 0 aliphatic heterocycles. The van der Waals surface area contributed by atoms with Crippen molar-refractivity contribution in [1.82, 2.24) is 24.8 Å². The van der Waals surface area contributed by atoms with Gasteiger partial charge in [-0.15, -0.1) is 0 Å². The molecule has 0 saturated heterocycles. The highest BCUT2D eigenvalue weighted by atomic mass is 16.1. The molecule has 1 amide bonds. The van der Waals surface area contributed by atoms with Gasteiger partial charge in [0, 0.05) is 44.0 Å². The van der Waals surface area contributed by atoms with E-state index in [4.69, 9.17) is 4.98 Å². The molecule has 4 aromatic rings. The number of hydrogen-bond donors (Lipinski definition) is 2. The third-order valence-electron chi connectivity index (χ3n) is 4.52. The van der Waals surface area contributed by atoms with Crippen LogP contribution in [0.5, 0.6) is 0 Å². The number of rotatable bonds is 8. The van der Waals surface area contributed by atoms with Crippen LogP contribution in [0.25, 0.3) is 16.7 Å². The number of anilines is 1. The summed E-state index contributed by atoms with van der Waals surface area (Å²) in [4.78, 5) is 25.2. The van der Waals surface area contributed by atoms with Gasteiger partial charge in [0.1, 0.15) is 5.82 Å². The lowest BCUT2D eigenvalue weighted by Crippen LogP contribution is -2.29. The Hall–Kier alpha value is -3.74. The number of para-hydroxylation sites is 3. The second kappa shape index (κ2) is 8.97. The molecular weight excluding hydrogens is 364 g/mol. The van der Waals surface area contributed by atoms with Crippen LogP contribution in [0.15, 0.2) is 73.1 Å². The summed E-state index contributed by atoms with van der Waals surface area (Å²) in [5.74, 6) is 1.43. The van der Waals surface area contributed by atoms with E-state index in [9.17, 15) is 4.79 Å². The largest absolute Gasteiger partial charge is 0.354 e. The quantitative estimate of drug-likeness (QED) is 0.455. The number of nitrogens with one attached hydrogen (secondary N) is 2. The van der Waals surface area contributed by atoms with E-state index in [1.54, 1.807) is 18.5 Å². The van der Waals surface area contributed by atoms with Gasteiger partial charge >= 0.3 is 0 Å². The first-order valence-corrected chi connectivity index (χ1v) is 9.60.